The molecule has 0 saturated carbocycles. The maximum absolute atomic E-state index is 11.5. The van der Waals surface area contributed by atoms with Gasteiger partial charge in [0.05, 0.1) is 5.92 Å². The molecule has 0 heterocycles. The Bertz CT molecular complexity index is 194. The molecule has 0 spiro atoms. The monoisotopic (exact) mass is 236 g/mol. The van der Waals surface area contributed by atoms with E-state index in [-0.39, 0.29) is 5.92 Å². The molecule has 0 bridgehead atoms. The van der Waals surface area contributed by atoms with E-state index in [9.17, 15) is 9.90 Å². The third-order valence-corrected chi connectivity index (χ3v) is 2.43. The molecule has 0 radical (unpaired) electrons. The predicted molar refractivity (Wildman–Crippen MR) is 60.4 cm³/mol. The summed E-state index contributed by atoms with van der Waals surface area (Å²) in [7, 11) is 0. The molecule has 0 aromatic rings. The maximum atomic E-state index is 11.5. The average molecular weight is 236 g/mol. The number of unbranched alkanes of at least 4 members (excludes halogenated alkanes) is 1. The van der Waals surface area contributed by atoms with E-state index >= 15 is 0 Å². The molecular weight excluding hydrogens is 216 g/mol. The van der Waals surface area contributed by atoms with Crippen LogP contribution in [-0.4, -0.2) is 27.9 Å². The number of hydrogen-bond acceptors (Lipinski definition) is 5. The van der Waals surface area contributed by atoms with Crippen LogP contribution in [0.4, 0.5) is 0 Å². The van der Waals surface area contributed by atoms with Crippen molar-refractivity contribution in [2.75, 3.05) is 6.61 Å². The van der Waals surface area contributed by atoms with Gasteiger partial charge in [0.2, 0.25) is 0 Å². The lowest BCUT2D eigenvalue weighted by Crippen LogP contribution is -2.35. The number of carbonyl (C=O) groups excluding carboxylic acids is 1. The molecule has 2 N–H and O–H groups in total. The molecule has 0 saturated heterocycles. The standard InChI is InChI=1S/C10H20O4S/c1-3-5-6-8(4-2)9(12)14-10(13,15)7-11/h8,11,13,15H,3-7H2,1-2H3. The van der Waals surface area contributed by atoms with Crippen LogP contribution in [0.15, 0.2) is 0 Å². The van der Waals surface area contributed by atoms with Gasteiger partial charge < -0.3 is 14.9 Å². The second-order valence-corrected chi connectivity index (χ2v) is 4.27. The van der Waals surface area contributed by atoms with Crippen molar-refractivity contribution in [1.82, 2.24) is 0 Å². The van der Waals surface area contributed by atoms with Crippen molar-refractivity contribution in [3.05, 3.63) is 0 Å². The predicted octanol–water partition coefficient (Wildman–Crippen LogP) is 1.31. The van der Waals surface area contributed by atoms with Crippen molar-refractivity contribution in [1.29, 1.82) is 0 Å². The van der Waals surface area contributed by atoms with Crippen LogP contribution >= 0.6 is 12.6 Å². The maximum Gasteiger partial charge on any atom is 0.312 e. The third-order valence-electron chi connectivity index (χ3n) is 2.20. The number of rotatable bonds is 7. The fourth-order valence-electron chi connectivity index (χ4n) is 1.22. The van der Waals surface area contributed by atoms with Crippen LogP contribution in [0, 0.1) is 5.92 Å². The van der Waals surface area contributed by atoms with Crippen molar-refractivity contribution in [3.63, 3.8) is 0 Å². The van der Waals surface area contributed by atoms with Crippen LogP contribution in [0.2, 0.25) is 0 Å². The highest BCUT2D eigenvalue weighted by Gasteiger charge is 2.29. The topological polar surface area (TPSA) is 66.8 Å². The van der Waals surface area contributed by atoms with Crippen molar-refractivity contribution in [3.8, 4) is 0 Å². The molecule has 0 aliphatic heterocycles. The van der Waals surface area contributed by atoms with E-state index < -0.39 is 17.7 Å². The molecule has 15 heavy (non-hydrogen) atoms. The molecule has 0 aromatic carbocycles. The number of hydrogen-bond donors (Lipinski definition) is 3. The highest BCUT2D eigenvalue weighted by atomic mass is 32.1. The molecule has 0 aliphatic rings. The lowest BCUT2D eigenvalue weighted by molar-refractivity contribution is -0.189. The summed E-state index contributed by atoms with van der Waals surface area (Å²) in [5, 5.41) is 15.8. The largest absolute Gasteiger partial charge is 0.421 e. The Balaban J connectivity index is 4.15. The molecule has 0 aromatic heterocycles. The number of carbonyl (C=O) groups is 1. The average Bonchev–Trinajstić information content (AvgIpc) is 2.18. The Morgan fingerprint density at radius 2 is 2.13 bits per heavy atom. The zero-order valence-corrected chi connectivity index (χ0v) is 10.2. The molecule has 0 amide bonds. The van der Waals surface area contributed by atoms with Crippen LogP contribution in [0.3, 0.4) is 0 Å². The molecule has 2 unspecified atom stereocenters. The van der Waals surface area contributed by atoms with Gasteiger partial charge in [-0.05, 0) is 12.8 Å². The highest BCUT2D eigenvalue weighted by molar-refractivity contribution is 7.81. The van der Waals surface area contributed by atoms with Gasteiger partial charge >= 0.3 is 5.97 Å². The Morgan fingerprint density at radius 3 is 2.53 bits per heavy atom. The first-order valence-electron chi connectivity index (χ1n) is 5.25. The molecular formula is C10H20O4S. The molecule has 0 aliphatic carbocycles. The third kappa shape index (κ3) is 6.02. The minimum atomic E-state index is -2.06. The van der Waals surface area contributed by atoms with Gasteiger partial charge in [-0.15, -0.1) is 0 Å². The first kappa shape index (κ1) is 14.7. The van der Waals surface area contributed by atoms with Crippen LogP contribution < -0.4 is 0 Å². The molecule has 4 nitrogen and oxygen atoms in total. The summed E-state index contributed by atoms with van der Waals surface area (Å²) in [5.41, 5.74) is 0. The summed E-state index contributed by atoms with van der Waals surface area (Å²) in [6.07, 6.45) is 3.35. The number of aliphatic hydroxyl groups excluding tert-OH is 1. The fourth-order valence-corrected chi connectivity index (χ4v) is 1.31. The number of esters is 1. The number of thiol groups is 1. The SMILES string of the molecule is CCCCC(CC)C(=O)OC(O)(S)CO. The van der Waals surface area contributed by atoms with E-state index in [4.69, 9.17) is 5.11 Å². The summed E-state index contributed by atoms with van der Waals surface area (Å²) in [5.74, 6) is -0.729. The van der Waals surface area contributed by atoms with Gasteiger partial charge in [-0.2, -0.15) is 0 Å². The summed E-state index contributed by atoms with van der Waals surface area (Å²) in [6, 6.07) is 0. The summed E-state index contributed by atoms with van der Waals surface area (Å²) < 4.78 is 4.67. The summed E-state index contributed by atoms with van der Waals surface area (Å²) >= 11 is 3.61. The van der Waals surface area contributed by atoms with E-state index in [1.165, 1.54) is 0 Å². The van der Waals surface area contributed by atoms with Crippen molar-refractivity contribution in [2.45, 2.75) is 44.6 Å². The highest BCUT2D eigenvalue weighted by Crippen LogP contribution is 2.19. The van der Waals surface area contributed by atoms with Crippen LogP contribution in [0.5, 0.6) is 0 Å². The first-order valence-corrected chi connectivity index (χ1v) is 5.70. The van der Waals surface area contributed by atoms with E-state index in [1.807, 2.05) is 13.8 Å². The fraction of sp³-hybridized carbons (Fsp3) is 0.900. The Kier molecular flexibility index (Phi) is 6.96. The minimum absolute atomic E-state index is 0.227. The van der Waals surface area contributed by atoms with E-state index in [0.717, 1.165) is 19.3 Å². The van der Waals surface area contributed by atoms with Gasteiger partial charge in [0, 0.05) is 0 Å². The van der Waals surface area contributed by atoms with Gasteiger partial charge in [0.15, 0.2) is 0 Å². The second kappa shape index (κ2) is 7.09. The quantitative estimate of drug-likeness (QED) is 0.354. The lowest BCUT2D eigenvalue weighted by atomic mass is 10.00. The smallest absolute Gasteiger partial charge is 0.312 e. The normalized spacial score (nSPS) is 16.9. The zero-order chi connectivity index (χ0) is 11.9. The number of ether oxygens (including phenoxy) is 1. The van der Waals surface area contributed by atoms with E-state index in [0.29, 0.717) is 6.42 Å². The van der Waals surface area contributed by atoms with Gasteiger partial charge in [-0.3, -0.25) is 4.79 Å². The first-order chi connectivity index (χ1) is 6.96. The van der Waals surface area contributed by atoms with Crippen LogP contribution in [0.25, 0.3) is 0 Å². The van der Waals surface area contributed by atoms with Crippen molar-refractivity contribution in [2.24, 2.45) is 5.92 Å². The van der Waals surface area contributed by atoms with E-state index in [2.05, 4.69) is 17.4 Å². The zero-order valence-electron chi connectivity index (χ0n) is 9.27. The van der Waals surface area contributed by atoms with Crippen molar-refractivity contribution >= 4 is 18.6 Å². The summed E-state index contributed by atoms with van der Waals surface area (Å²) in [6.45, 7) is 3.21. The Hall–Kier alpha value is -0.260. The van der Waals surface area contributed by atoms with Gasteiger partial charge in [0.1, 0.15) is 6.61 Å². The molecule has 2 atom stereocenters. The second-order valence-electron chi connectivity index (χ2n) is 3.57. The number of aliphatic hydroxyl groups is 2. The minimum Gasteiger partial charge on any atom is -0.421 e. The van der Waals surface area contributed by atoms with Gasteiger partial charge in [-0.25, -0.2) is 0 Å². The molecule has 0 rings (SSSR count). The Morgan fingerprint density at radius 1 is 1.53 bits per heavy atom. The van der Waals surface area contributed by atoms with Crippen molar-refractivity contribution < 1.29 is 19.7 Å². The molecule has 5 heteroatoms. The Labute approximate surface area is 96.0 Å². The van der Waals surface area contributed by atoms with E-state index in [1.54, 1.807) is 0 Å². The lowest BCUT2D eigenvalue weighted by Gasteiger charge is -2.22. The van der Waals surface area contributed by atoms with Gasteiger partial charge in [0.25, 0.3) is 5.12 Å². The van der Waals surface area contributed by atoms with Gasteiger partial charge in [-0.1, -0.05) is 39.3 Å². The molecule has 90 valence electrons. The summed E-state index contributed by atoms with van der Waals surface area (Å²) in [4.78, 5) is 11.5. The molecule has 0 fully saturated rings. The van der Waals surface area contributed by atoms with Crippen LogP contribution in [-0.2, 0) is 9.53 Å². The van der Waals surface area contributed by atoms with Crippen LogP contribution in [0.1, 0.15) is 39.5 Å².